The van der Waals surface area contributed by atoms with Gasteiger partial charge in [0, 0.05) is 6.20 Å². The van der Waals surface area contributed by atoms with Gasteiger partial charge in [-0.3, -0.25) is 4.79 Å². The van der Waals surface area contributed by atoms with E-state index in [-0.39, 0.29) is 28.7 Å². The first-order valence-corrected chi connectivity index (χ1v) is 6.78. The summed E-state index contributed by atoms with van der Waals surface area (Å²) >= 11 is 5.82. The van der Waals surface area contributed by atoms with Crippen LogP contribution in [0, 0.1) is 0 Å². The van der Waals surface area contributed by atoms with Crippen LogP contribution in [0.5, 0.6) is 0 Å². The SMILES string of the molecule is O=C(OCc1nc2ccccc2c(=O)[nH]1)c1cccnc1Cl. The average molecular weight is 316 g/mol. The summed E-state index contributed by atoms with van der Waals surface area (Å²) in [5.74, 6) is -0.369. The number of fused-ring (bicyclic) bond motifs is 1. The molecule has 22 heavy (non-hydrogen) atoms. The molecule has 0 saturated carbocycles. The number of pyridine rings is 1. The summed E-state index contributed by atoms with van der Waals surface area (Å²) in [6, 6.07) is 10.0. The Balaban J connectivity index is 1.81. The molecule has 0 bridgehead atoms. The number of ether oxygens (including phenoxy) is 1. The number of rotatable bonds is 3. The van der Waals surface area contributed by atoms with E-state index in [0.717, 1.165) is 0 Å². The standard InChI is InChI=1S/C15H10ClN3O3/c16-13-10(5-3-7-17-13)15(21)22-8-12-18-11-6-2-1-4-9(11)14(20)19-12/h1-7H,8H2,(H,18,19,20). The van der Waals surface area contributed by atoms with Gasteiger partial charge in [0.1, 0.15) is 17.6 Å². The van der Waals surface area contributed by atoms with Gasteiger partial charge in [-0.05, 0) is 24.3 Å². The number of aromatic amines is 1. The van der Waals surface area contributed by atoms with Gasteiger partial charge in [-0.1, -0.05) is 23.7 Å². The molecule has 0 amide bonds. The first-order chi connectivity index (χ1) is 10.6. The molecule has 1 N–H and O–H groups in total. The lowest BCUT2D eigenvalue weighted by molar-refractivity contribution is 0.0462. The number of carbonyl (C=O) groups is 1. The van der Waals surface area contributed by atoms with Crippen molar-refractivity contribution >= 4 is 28.5 Å². The quantitative estimate of drug-likeness (QED) is 0.592. The van der Waals surface area contributed by atoms with Gasteiger partial charge in [0.2, 0.25) is 0 Å². The molecule has 0 spiro atoms. The Morgan fingerprint density at radius 1 is 1.23 bits per heavy atom. The first-order valence-electron chi connectivity index (χ1n) is 6.41. The maximum Gasteiger partial charge on any atom is 0.341 e. The van der Waals surface area contributed by atoms with E-state index in [1.54, 1.807) is 30.3 Å². The lowest BCUT2D eigenvalue weighted by atomic mass is 10.2. The van der Waals surface area contributed by atoms with Gasteiger partial charge in [-0.2, -0.15) is 0 Å². The lowest BCUT2D eigenvalue weighted by Gasteiger charge is -2.06. The van der Waals surface area contributed by atoms with Crippen molar-refractivity contribution in [2.45, 2.75) is 6.61 Å². The van der Waals surface area contributed by atoms with Crippen molar-refractivity contribution in [3.8, 4) is 0 Å². The van der Waals surface area contributed by atoms with Gasteiger partial charge in [0.25, 0.3) is 5.56 Å². The Labute approximate surface area is 129 Å². The van der Waals surface area contributed by atoms with Crippen molar-refractivity contribution in [1.82, 2.24) is 15.0 Å². The molecule has 3 aromatic rings. The molecule has 110 valence electrons. The summed E-state index contributed by atoms with van der Waals surface area (Å²) in [5, 5.41) is 0.542. The Hall–Kier alpha value is -2.73. The molecular weight excluding hydrogens is 306 g/mol. The Bertz CT molecular complexity index is 908. The normalized spacial score (nSPS) is 10.6. The van der Waals surface area contributed by atoms with E-state index in [9.17, 15) is 9.59 Å². The second-order valence-corrected chi connectivity index (χ2v) is 4.81. The summed E-state index contributed by atoms with van der Waals surface area (Å²) in [5.41, 5.74) is 0.417. The number of esters is 1. The molecule has 0 fully saturated rings. The van der Waals surface area contributed by atoms with Gasteiger partial charge >= 0.3 is 5.97 Å². The molecule has 0 unspecified atom stereocenters. The molecule has 1 aromatic carbocycles. The molecule has 0 radical (unpaired) electrons. The minimum Gasteiger partial charge on any atom is -0.454 e. The summed E-state index contributed by atoms with van der Waals surface area (Å²) < 4.78 is 5.10. The number of hydrogen-bond acceptors (Lipinski definition) is 5. The second kappa shape index (κ2) is 5.95. The number of carbonyl (C=O) groups excluding carboxylic acids is 1. The van der Waals surface area contributed by atoms with Crippen LogP contribution in [0.25, 0.3) is 10.9 Å². The number of nitrogens with zero attached hydrogens (tertiary/aromatic N) is 2. The highest BCUT2D eigenvalue weighted by atomic mass is 35.5. The minimum atomic E-state index is -0.631. The number of para-hydroxylation sites is 1. The zero-order valence-electron chi connectivity index (χ0n) is 11.2. The van der Waals surface area contributed by atoms with Crippen molar-refractivity contribution < 1.29 is 9.53 Å². The zero-order chi connectivity index (χ0) is 15.5. The van der Waals surface area contributed by atoms with Gasteiger partial charge in [-0.25, -0.2) is 14.8 Å². The molecule has 3 rings (SSSR count). The maximum atomic E-state index is 11.9. The van der Waals surface area contributed by atoms with Gasteiger partial charge in [0.15, 0.2) is 0 Å². The highest BCUT2D eigenvalue weighted by molar-refractivity contribution is 6.32. The van der Waals surface area contributed by atoms with Gasteiger partial charge in [0.05, 0.1) is 16.5 Å². The summed E-state index contributed by atoms with van der Waals surface area (Å²) in [7, 11) is 0. The zero-order valence-corrected chi connectivity index (χ0v) is 12.0. The number of halogens is 1. The molecule has 6 nitrogen and oxygen atoms in total. The van der Waals surface area contributed by atoms with Crippen molar-refractivity contribution in [2.24, 2.45) is 0 Å². The van der Waals surface area contributed by atoms with Gasteiger partial charge in [-0.15, -0.1) is 0 Å². The van der Waals surface area contributed by atoms with E-state index >= 15 is 0 Å². The highest BCUT2D eigenvalue weighted by Gasteiger charge is 2.13. The van der Waals surface area contributed by atoms with Crippen LogP contribution in [-0.4, -0.2) is 20.9 Å². The predicted octanol–water partition coefficient (Wildman–Crippen LogP) is 2.33. The fourth-order valence-electron chi connectivity index (χ4n) is 1.95. The molecular formula is C15H10ClN3O3. The molecule has 0 saturated heterocycles. The fraction of sp³-hybridized carbons (Fsp3) is 0.0667. The van der Waals surface area contributed by atoms with Crippen LogP contribution < -0.4 is 5.56 Å². The van der Waals surface area contributed by atoms with Crippen LogP contribution in [-0.2, 0) is 11.3 Å². The highest BCUT2D eigenvalue weighted by Crippen LogP contribution is 2.13. The lowest BCUT2D eigenvalue weighted by Crippen LogP contribution is -2.14. The summed E-state index contributed by atoms with van der Waals surface area (Å²) in [6.45, 7) is -0.163. The average Bonchev–Trinajstić information content (AvgIpc) is 2.53. The van der Waals surface area contributed by atoms with Crippen molar-refractivity contribution in [3.05, 3.63) is 69.5 Å². The second-order valence-electron chi connectivity index (χ2n) is 4.45. The third-order valence-electron chi connectivity index (χ3n) is 2.98. The number of aromatic nitrogens is 3. The van der Waals surface area contributed by atoms with E-state index in [1.807, 2.05) is 0 Å². The van der Waals surface area contributed by atoms with Crippen LogP contribution >= 0.6 is 11.6 Å². The monoisotopic (exact) mass is 315 g/mol. The third-order valence-corrected chi connectivity index (χ3v) is 3.28. The Kier molecular flexibility index (Phi) is 3.84. The van der Waals surface area contributed by atoms with E-state index < -0.39 is 5.97 Å². The molecule has 0 aliphatic carbocycles. The number of nitrogens with one attached hydrogen (secondary N) is 1. The fourth-order valence-corrected chi connectivity index (χ4v) is 2.15. The van der Waals surface area contributed by atoms with E-state index in [1.165, 1.54) is 12.3 Å². The predicted molar refractivity (Wildman–Crippen MR) is 80.7 cm³/mol. The van der Waals surface area contributed by atoms with Gasteiger partial charge < -0.3 is 9.72 Å². The summed E-state index contributed by atoms with van der Waals surface area (Å²) in [4.78, 5) is 34.4. The molecule has 0 atom stereocenters. The Morgan fingerprint density at radius 3 is 2.86 bits per heavy atom. The number of H-pyrrole nitrogens is 1. The van der Waals surface area contributed by atoms with Crippen molar-refractivity contribution in [1.29, 1.82) is 0 Å². The largest absolute Gasteiger partial charge is 0.454 e. The molecule has 2 heterocycles. The van der Waals surface area contributed by atoms with Crippen molar-refractivity contribution in [3.63, 3.8) is 0 Å². The van der Waals surface area contributed by atoms with E-state index in [4.69, 9.17) is 16.3 Å². The van der Waals surface area contributed by atoms with Crippen LogP contribution in [0.3, 0.4) is 0 Å². The van der Waals surface area contributed by atoms with Crippen molar-refractivity contribution in [2.75, 3.05) is 0 Å². The van der Waals surface area contributed by atoms with Crippen LogP contribution in [0.1, 0.15) is 16.2 Å². The summed E-state index contributed by atoms with van der Waals surface area (Å²) in [6.07, 6.45) is 1.47. The third kappa shape index (κ3) is 2.82. The van der Waals surface area contributed by atoms with Crippen LogP contribution in [0.2, 0.25) is 5.15 Å². The molecule has 0 aliphatic rings. The first kappa shape index (κ1) is 14.2. The number of benzene rings is 1. The van der Waals surface area contributed by atoms with E-state index in [0.29, 0.717) is 10.9 Å². The molecule has 0 aliphatic heterocycles. The number of hydrogen-bond donors (Lipinski definition) is 1. The Morgan fingerprint density at radius 2 is 2.05 bits per heavy atom. The van der Waals surface area contributed by atoms with E-state index in [2.05, 4.69) is 15.0 Å². The van der Waals surface area contributed by atoms with Crippen LogP contribution in [0.4, 0.5) is 0 Å². The topological polar surface area (TPSA) is 84.9 Å². The smallest absolute Gasteiger partial charge is 0.341 e. The minimum absolute atomic E-state index is 0.0625. The molecule has 2 aromatic heterocycles. The van der Waals surface area contributed by atoms with Crippen LogP contribution in [0.15, 0.2) is 47.4 Å². The maximum absolute atomic E-state index is 11.9. The molecule has 7 heteroatoms.